The van der Waals surface area contributed by atoms with Gasteiger partial charge in [0.25, 0.3) is 0 Å². The maximum Gasteiger partial charge on any atom is 0.317 e. The number of amides is 2. The zero-order valence-electron chi connectivity index (χ0n) is 15.8. The van der Waals surface area contributed by atoms with Crippen LogP contribution in [0.1, 0.15) is 65.2 Å². The smallest absolute Gasteiger partial charge is 0.317 e. The van der Waals surface area contributed by atoms with Crippen LogP contribution in [0.2, 0.25) is 0 Å². The van der Waals surface area contributed by atoms with Gasteiger partial charge >= 0.3 is 6.03 Å². The van der Waals surface area contributed by atoms with E-state index in [-0.39, 0.29) is 12.1 Å². The molecule has 2 amide bonds. The molecule has 2 heterocycles. The van der Waals surface area contributed by atoms with Crippen LogP contribution in [-0.2, 0) is 4.74 Å². The highest BCUT2D eigenvalue weighted by Crippen LogP contribution is 2.15. The third-order valence-electron chi connectivity index (χ3n) is 5.22. The van der Waals surface area contributed by atoms with E-state index in [2.05, 4.69) is 24.1 Å². The Morgan fingerprint density at radius 3 is 2.58 bits per heavy atom. The number of nitrogens with zero attached hydrogens (tertiary/aromatic N) is 2. The SMILES string of the molecule is CCCCN1CCC(NC(=O)N(CCC)CC2CCCCO2)CC1. The third kappa shape index (κ3) is 6.60. The molecule has 24 heavy (non-hydrogen) atoms. The van der Waals surface area contributed by atoms with Gasteiger partial charge in [-0.05, 0) is 51.5 Å². The highest BCUT2D eigenvalue weighted by Gasteiger charge is 2.25. The van der Waals surface area contributed by atoms with Gasteiger partial charge in [-0.15, -0.1) is 0 Å². The Balaban J connectivity index is 1.73. The van der Waals surface area contributed by atoms with Crippen molar-refractivity contribution in [1.29, 1.82) is 0 Å². The lowest BCUT2D eigenvalue weighted by Gasteiger charge is -2.35. The number of hydrogen-bond acceptors (Lipinski definition) is 3. The average Bonchev–Trinajstić information content (AvgIpc) is 2.61. The van der Waals surface area contributed by atoms with Gasteiger partial charge in [-0.25, -0.2) is 4.79 Å². The van der Waals surface area contributed by atoms with Crippen molar-refractivity contribution in [2.45, 2.75) is 77.4 Å². The summed E-state index contributed by atoms with van der Waals surface area (Å²) in [5.74, 6) is 0. The second kappa shape index (κ2) is 10.9. The molecule has 0 bridgehead atoms. The van der Waals surface area contributed by atoms with Crippen molar-refractivity contribution in [3.63, 3.8) is 0 Å². The van der Waals surface area contributed by atoms with Crippen LogP contribution in [0.25, 0.3) is 0 Å². The van der Waals surface area contributed by atoms with E-state index < -0.39 is 0 Å². The molecule has 0 radical (unpaired) electrons. The van der Waals surface area contributed by atoms with E-state index in [0.717, 1.165) is 64.9 Å². The molecular formula is C19H37N3O2. The fraction of sp³-hybridized carbons (Fsp3) is 0.947. The molecule has 5 nitrogen and oxygen atoms in total. The summed E-state index contributed by atoms with van der Waals surface area (Å²) >= 11 is 0. The molecule has 2 rings (SSSR count). The molecule has 1 atom stereocenters. The number of likely N-dealkylation sites (tertiary alicyclic amines) is 1. The number of nitrogens with one attached hydrogen (secondary N) is 1. The Bertz CT molecular complexity index is 351. The van der Waals surface area contributed by atoms with E-state index >= 15 is 0 Å². The van der Waals surface area contributed by atoms with Crippen LogP contribution in [0.4, 0.5) is 4.79 Å². The molecule has 1 unspecified atom stereocenters. The Kier molecular flexibility index (Phi) is 8.89. The van der Waals surface area contributed by atoms with Gasteiger partial charge in [-0.1, -0.05) is 20.3 Å². The van der Waals surface area contributed by atoms with Crippen molar-refractivity contribution in [2.75, 3.05) is 39.3 Å². The predicted octanol–water partition coefficient (Wildman–Crippen LogP) is 3.24. The van der Waals surface area contributed by atoms with Crippen LogP contribution in [0.5, 0.6) is 0 Å². The van der Waals surface area contributed by atoms with Gasteiger partial charge in [0.05, 0.1) is 6.10 Å². The molecule has 2 saturated heterocycles. The van der Waals surface area contributed by atoms with Gasteiger partial charge in [0.15, 0.2) is 0 Å². The molecule has 0 spiro atoms. The molecule has 5 heteroatoms. The number of rotatable bonds is 8. The van der Waals surface area contributed by atoms with Crippen molar-refractivity contribution in [1.82, 2.24) is 15.1 Å². The standard InChI is InChI=1S/C19H37N3O2/c1-3-5-12-21-13-9-17(10-14-21)20-19(23)22(11-4-2)16-18-8-6-7-15-24-18/h17-18H,3-16H2,1-2H3,(H,20,23). The molecule has 0 aromatic rings. The monoisotopic (exact) mass is 339 g/mol. The second-order valence-corrected chi connectivity index (χ2v) is 7.35. The summed E-state index contributed by atoms with van der Waals surface area (Å²) < 4.78 is 5.82. The molecule has 0 saturated carbocycles. The van der Waals surface area contributed by atoms with Crippen LogP contribution in [0, 0.1) is 0 Å². The van der Waals surface area contributed by atoms with E-state index in [9.17, 15) is 4.79 Å². The minimum atomic E-state index is 0.109. The third-order valence-corrected chi connectivity index (χ3v) is 5.22. The fourth-order valence-corrected chi connectivity index (χ4v) is 3.69. The van der Waals surface area contributed by atoms with Crippen LogP contribution in [0.3, 0.4) is 0 Å². The van der Waals surface area contributed by atoms with Crippen molar-refractivity contribution >= 4 is 6.03 Å². The van der Waals surface area contributed by atoms with Crippen LogP contribution in [-0.4, -0.2) is 67.3 Å². The summed E-state index contributed by atoms with van der Waals surface area (Å²) in [5, 5.41) is 3.27. The van der Waals surface area contributed by atoms with Gasteiger partial charge in [0, 0.05) is 38.8 Å². The summed E-state index contributed by atoms with van der Waals surface area (Å²) in [5.41, 5.74) is 0. The Morgan fingerprint density at radius 1 is 1.17 bits per heavy atom. The number of urea groups is 1. The largest absolute Gasteiger partial charge is 0.376 e. The number of piperidine rings is 1. The lowest BCUT2D eigenvalue weighted by atomic mass is 10.0. The van der Waals surface area contributed by atoms with Gasteiger partial charge in [0.1, 0.15) is 0 Å². The first kappa shape index (κ1) is 19.5. The molecular weight excluding hydrogens is 302 g/mol. The molecule has 2 aliphatic rings. The molecule has 2 fully saturated rings. The van der Waals surface area contributed by atoms with Crippen LogP contribution < -0.4 is 5.32 Å². The highest BCUT2D eigenvalue weighted by atomic mass is 16.5. The van der Waals surface area contributed by atoms with E-state index in [0.29, 0.717) is 6.04 Å². The molecule has 140 valence electrons. The predicted molar refractivity (Wildman–Crippen MR) is 98.4 cm³/mol. The number of carbonyl (C=O) groups excluding carboxylic acids is 1. The number of ether oxygens (including phenoxy) is 1. The van der Waals surface area contributed by atoms with Gasteiger partial charge in [-0.2, -0.15) is 0 Å². The summed E-state index contributed by atoms with van der Waals surface area (Å²) in [6, 6.07) is 0.444. The minimum absolute atomic E-state index is 0.109. The zero-order valence-corrected chi connectivity index (χ0v) is 15.8. The molecule has 0 aromatic heterocycles. The lowest BCUT2D eigenvalue weighted by molar-refractivity contribution is 0.000391. The number of unbranched alkanes of at least 4 members (excludes halogenated alkanes) is 1. The topological polar surface area (TPSA) is 44.8 Å². The lowest BCUT2D eigenvalue weighted by Crippen LogP contribution is -2.51. The summed E-state index contributed by atoms with van der Waals surface area (Å²) in [7, 11) is 0. The van der Waals surface area contributed by atoms with E-state index in [4.69, 9.17) is 4.74 Å². The molecule has 0 aromatic carbocycles. The number of carbonyl (C=O) groups is 1. The van der Waals surface area contributed by atoms with Crippen molar-refractivity contribution in [2.24, 2.45) is 0 Å². The molecule has 2 aliphatic heterocycles. The minimum Gasteiger partial charge on any atom is -0.376 e. The Labute approximate surface area is 148 Å². The zero-order chi connectivity index (χ0) is 17.2. The normalized spacial score (nSPS) is 23.2. The quantitative estimate of drug-likeness (QED) is 0.738. The first-order valence-corrected chi connectivity index (χ1v) is 10.1. The average molecular weight is 340 g/mol. The van der Waals surface area contributed by atoms with Gasteiger partial charge in [-0.3, -0.25) is 0 Å². The van der Waals surface area contributed by atoms with Crippen LogP contribution in [0.15, 0.2) is 0 Å². The maximum absolute atomic E-state index is 12.7. The second-order valence-electron chi connectivity index (χ2n) is 7.35. The summed E-state index contributed by atoms with van der Waals surface area (Å²) in [4.78, 5) is 17.2. The molecule has 1 N–H and O–H groups in total. The summed E-state index contributed by atoms with van der Waals surface area (Å²) in [6.45, 7) is 10.2. The number of hydrogen-bond donors (Lipinski definition) is 1. The maximum atomic E-state index is 12.7. The summed E-state index contributed by atoms with van der Waals surface area (Å²) in [6.07, 6.45) is 9.39. The van der Waals surface area contributed by atoms with Crippen molar-refractivity contribution in [3.8, 4) is 0 Å². The van der Waals surface area contributed by atoms with Crippen LogP contribution >= 0.6 is 0 Å². The first-order valence-electron chi connectivity index (χ1n) is 10.1. The Hall–Kier alpha value is -0.810. The van der Waals surface area contributed by atoms with E-state index in [1.165, 1.54) is 25.8 Å². The Morgan fingerprint density at radius 2 is 1.96 bits per heavy atom. The highest BCUT2D eigenvalue weighted by molar-refractivity contribution is 5.74. The van der Waals surface area contributed by atoms with E-state index in [1.54, 1.807) is 0 Å². The van der Waals surface area contributed by atoms with Crippen molar-refractivity contribution < 1.29 is 9.53 Å². The first-order chi connectivity index (χ1) is 11.7. The van der Waals surface area contributed by atoms with Gasteiger partial charge < -0.3 is 19.9 Å². The fourth-order valence-electron chi connectivity index (χ4n) is 3.69. The van der Waals surface area contributed by atoms with Gasteiger partial charge in [0.2, 0.25) is 0 Å². The van der Waals surface area contributed by atoms with Crippen molar-refractivity contribution in [3.05, 3.63) is 0 Å². The van der Waals surface area contributed by atoms with E-state index in [1.807, 2.05) is 4.90 Å². The molecule has 0 aliphatic carbocycles.